The number of carbonyl (C=O) groups excluding carboxylic acids is 1. The van der Waals surface area contributed by atoms with E-state index in [0.29, 0.717) is 0 Å². The van der Waals surface area contributed by atoms with E-state index in [1.807, 2.05) is 0 Å². The molecule has 8 heteroatoms. The Balaban J connectivity index is 2.33. The minimum atomic E-state index is -3.29. The minimum absolute atomic E-state index is 0.0391. The number of hydrogen-bond acceptors (Lipinski definition) is 5. The second-order valence-electron chi connectivity index (χ2n) is 3.79. The van der Waals surface area contributed by atoms with Crippen LogP contribution in [0.15, 0.2) is 10.6 Å². The van der Waals surface area contributed by atoms with Crippen molar-refractivity contribution in [3.63, 3.8) is 0 Å². The summed E-state index contributed by atoms with van der Waals surface area (Å²) in [5.41, 5.74) is -0.159. The zero-order valence-electron chi connectivity index (χ0n) is 9.04. The third kappa shape index (κ3) is 2.06. The first-order valence-corrected chi connectivity index (χ1v) is 7.71. The van der Waals surface area contributed by atoms with E-state index < -0.39 is 15.8 Å². The van der Waals surface area contributed by atoms with Gasteiger partial charge in [0.25, 0.3) is 0 Å². The summed E-state index contributed by atoms with van der Waals surface area (Å²) in [5, 5.41) is 8.81. The minimum Gasteiger partial charge on any atom is -0.477 e. The fourth-order valence-electron chi connectivity index (χ4n) is 1.73. The van der Waals surface area contributed by atoms with Crippen LogP contribution in [-0.4, -0.2) is 47.2 Å². The molecule has 94 valence electrons. The Morgan fingerprint density at radius 3 is 2.71 bits per heavy atom. The predicted molar refractivity (Wildman–Crippen MR) is 61.8 cm³/mol. The van der Waals surface area contributed by atoms with Crippen molar-refractivity contribution in [1.29, 1.82) is 0 Å². The molecule has 0 unspecified atom stereocenters. The molecule has 2 aliphatic heterocycles. The molecule has 1 fully saturated rings. The summed E-state index contributed by atoms with van der Waals surface area (Å²) in [5.74, 6) is -1.84. The number of carbonyl (C=O) groups is 2. The van der Waals surface area contributed by atoms with Crippen LogP contribution in [0.2, 0.25) is 0 Å². The van der Waals surface area contributed by atoms with Crippen molar-refractivity contribution in [3.05, 3.63) is 10.6 Å². The number of fused-ring (bicyclic) bond motifs is 1. The molecule has 0 spiro atoms. The molecule has 1 amide bonds. The molecule has 0 aromatic heterocycles. The summed E-state index contributed by atoms with van der Waals surface area (Å²) in [6.07, 6.45) is 0.275. The highest BCUT2D eigenvalue weighted by Crippen LogP contribution is 2.46. The molecule has 1 atom stereocenters. The van der Waals surface area contributed by atoms with Crippen LogP contribution in [0.1, 0.15) is 13.3 Å². The average molecular weight is 277 g/mol. The first-order valence-electron chi connectivity index (χ1n) is 5.01. The predicted octanol–water partition coefficient (Wildman–Crippen LogP) is 0.0225. The van der Waals surface area contributed by atoms with Crippen LogP contribution in [0.5, 0.6) is 0 Å². The van der Waals surface area contributed by atoms with E-state index in [1.54, 1.807) is 0 Å². The number of nitrogens with zero attached hydrogens (tertiary/aromatic N) is 1. The second-order valence-corrected chi connectivity index (χ2v) is 7.42. The Kier molecular flexibility index (Phi) is 2.94. The van der Waals surface area contributed by atoms with Crippen LogP contribution in [0.3, 0.4) is 0 Å². The molecular formula is C9H11NO5S2. The molecule has 2 heterocycles. The molecule has 0 radical (unpaired) electrons. The Morgan fingerprint density at radius 1 is 1.59 bits per heavy atom. The Morgan fingerprint density at radius 2 is 2.24 bits per heavy atom. The number of sulfone groups is 1. The van der Waals surface area contributed by atoms with Gasteiger partial charge in [-0.3, -0.25) is 9.69 Å². The molecule has 2 aliphatic rings. The van der Waals surface area contributed by atoms with Crippen molar-refractivity contribution >= 4 is 33.5 Å². The second kappa shape index (κ2) is 4.02. The lowest BCUT2D eigenvalue weighted by atomic mass is 10.1. The number of rotatable bonds is 4. The maximum Gasteiger partial charge on any atom is 0.353 e. The summed E-state index contributed by atoms with van der Waals surface area (Å²) < 4.78 is 23.0. The molecule has 1 saturated heterocycles. The first-order chi connectivity index (χ1) is 7.85. The number of hydrogen-bond donors (Lipinski definition) is 1. The summed E-state index contributed by atoms with van der Waals surface area (Å²) >= 11 is 1.17. The molecule has 0 saturated carbocycles. The Bertz CT molecular complexity index is 522. The van der Waals surface area contributed by atoms with Gasteiger partial charge in [0, 0.05) is 10.7 Å². The van der Waals surface area contributed by atoms with Crippen molar-refractivity contribution in [1.82, 2.24) is 4.90 Å². The van der Waals surface area contributed by atoms with Gasteiger partial charge >= 0.3 is 5.97 Å². The molecule has 0 aromatic carbocycles. The van der Waals surface area contributed by atoms with Gasteiger partial charge in [-0.15, -0.1) is 11.8 Å². The van der Waals surface area contributed by atoms with Gasteiger partial charge in [-0.25, -0.2) is 13.2 Å². The maximum atomic E-state index is 11.5. The normalized spacial score (nSPS) is 23.7. The number of amides is 1. The lowest BCUT2D eigenvalue weighted by Gasteiger charge is -2.33. The highest BCUT2D eigenvalue weighted by atomic mass is 32.2. The van der Waals surface area contributed by atoms with Gasteiger partial charge in [-0.05, 0) is 0 Å². The van der Waals surface area contributed by atoms with Crippen LogP contribution < -0.4 is 0 Å². The molecule has 1 N–H and O–H groups in total. The SMILES string of the molecule is CCS(=O)(=O)CC1=C(C(=O)O)N2C(=O)C[C@H]2S1. The van der Waals surface area contributed by atoms with E-state index >= 15 is 0 Å². The van der Waals surface area contributed by atoms with Crippen molar-refractivity contribution in [2.45, 2.75) is 18.7 Å². The molecule has 0 aromatic rings. The van der Waals surface area contributed by atoms with Gasteiger partial charge in [-0.2, -0.15) is 0 Å². The van der Waals surface area contributed by atoms with Crippen molar-refractivity contribution in [2.24, 2.45) is 0 Å². The van der Waals surface area contributed by atoms with Crippen molar-refractivity contribution in [3.8, 4) is 0 Å². The summed E-state index contributed by atoms with van der Waals surface area (Å²) in [4.78, 5) is 23.8. The fraction of sp³-hybridized carbons (Fsp3) is 0.556. The quantitative estimate of drug-likeness (QED) is 0.728. The number of aliphatic carboxylic acids is 1. The Labute approximate surface area is 103 Å². The number of β-lactam (4-membered cyclic amide) rings is 1. The van der Waals surface area contributed by atoms with E-state index in [0.717, 1.165) is 0 Å². The maximum absolute atomic E-state index is 11.5. The molecule has 17 heavy (non-hydrogen) atoms. The summed E-state index contributed by atoms with van der Waals surface area (Å²) in [6, 6.07) is 0. The standard InChI is InChI=1S/C9H11NO5S2/c1-2-17(14,15)4-5-8(9(12)13)10-6(11)3-7(10)16-5/h7H,2-4H2,1H3,(H,12,13)/t7-/m1/s1. The van der Waals surface area contributed by atoms with Crippen LogP contribution in [-0.2, 0) is 19.4 Å². The lowest BCUT2D eigenvalue weighted by Crippen LogP contribution is -2.48. The van der Waals surface area contributed by atoms with Crippen molar-refractivity contribution in [2.75, 3.05) is 11.5 Å². The van der Waals surface area contributed by atoms with Gasteiger partial charge in [-0.1, -0.05) is 6.92 Å². The van der Waals surface area contributed by atoms with E-state index in [-0.39, 0.29) is 39.8 Å². The average Bonchev–Trinajstić information content (AvgIpc) is 2.50. The number of carboxylic acid groups (broad SMARTS) is 1. The van der Waals surface area contributed by atoms with E-state index in [9.17, 15) is 18.0 Å². The largest absolute Gasteiger partial charge is 0.477 e. The van der Waals surface area contributed by atoms with Crippen LogP contribution in [0.25, 0.3) is 0 Å². The van der Waals surface area contributed by atoms with Crippen LogP contribution in [0, 0.1) is 0 Å². The van der Waals surface area contributed by atoms with E-state index in [4.69, 9.17) is 5.11 Å². The lowest BCUT2D eigenvalue weighted by molar-refractivity contribution is -0.145. The third-order valence-corrected chi connectivity index (χ3v) is 5.75. The molecule has 0 bridgehead atoms. The fourth-order valence-corrected chi connectivity index (χ4v) is 4.46. The van der Waals surface area contributed by atoms with Crippen molar-refractivity contribution < 1.29 is 23.1 Å². The van der Waals surface area contributed by atoms with E-state index in [2.05, 4.69) is 0 Å². The number of thioether (sulfide) groups is 1. The molecule has 6 nitrogen and oxygen atoms in total. The van der Waals surface area contributed by atoms with Gasteiger partial charge in [0.05, 0.1) is 17.5 Å². The van der Waals surface area contributed by atoms with Gasteiger partial charge in [0.1, 0.15) is 5.70 Å². The monoisotopic (exact) mass is 277 g/mol. The summed E-state index contributed by atoms with van der Waals surface area (Å²) in [6.45, 7) is 1.51. The third-order valence-electron chi connectivity index (χ3n) is 2.68. The highest BCUT2D eigenvalue weighted by molar-refractivity contribution is 8.05. The number of carboxylic acids is 1. The highest BCUT2D eigenvalue weighted by Gasteiger charge is 2.48. The van der Waals surface area contributed by atoms with E-state index in [1.165, 1.54) is 23.6 Å². The zero-order valence-corrected chi connectivity index (χ0v) is 10.7. The topological polar surface area (TPSA) is 91.8 Å². The molecule has 0 aliphatic carbocycles. The Hall–Kier alpha value is -1.02. The van der Waals surface area contributed by atoms with Gasteiger partial charge in [0.2, 0.25) is 5.91 Å². The molecule has 2 rings (SSSR count). The first kappa shape index (κ1) is 12.4. The molecular weight excluding hydrogens is 266 g/mol. The van der Waals surface area contributed by atoms with Gasteiger partial charge < -0.3 is 5.11 Å². The zero-order chi connectivity index (χ0) is 12.8. The summed E-state index contributed by atoms with van der Waals surface area (Å²) in [7, 11) is -3.29. The van der Waals surface area contributed by atoms with Crippen LogP contribution in [0.4, 0.5) is 0 Å². The van der Waals surface area contributed by atoms with Gasteiger partial charge in [0.15, 0.2) is 9.84 Å². The smallest absolute Gasteiger partial charge is 0.353 e. The van der Waals surface area contributed by atoms with Crippen LogP contribution >= 0.6 is 11.8 Å².